The van der Waals surface area contributed by atoms with Gasteiger partial charge >= 0.3 is 0 Å². The van der Waals surface area contributed by atoms with E-state index < -0.39 is 0 Å². The molecule has 0 aromatic heterocycles. The minimum absolute atomic E-state index is 0.0296. The summed E-state index contributed by atoms with van der Waals surface area (Å²) in [5.74, 6) is 1.58. The van der Waals surface area contributed by atoms with Crippen molar-refractivity contribution in [1.29, 1.82) is 0 Å². The van der Waals surface area contributed by atoms with E-state index in [1.54, 1.807) is 19.2 Å². The zero-order chi connectivity index (χ0) is 17.3. The Bertz CT molecular complexity index is 694. The van der Waals surface area contributed by atoms with Crippen LogP contribution in [-0.4, -0.2) is 36.9 Å². The van der Waals surface area contributed by atoms with E-state index in [0.717, 1.165) is 24.1 Å². The van der Waals surface area contributed by atoms with Crippen LogP contribution in [0, 0.1) is 11.8 Å². The highest BCUT2D eigenvalue weighted by molar-refractivity contribution is 6.07. The summed E-state index contributed by atoms with van der Waals surface area (Å²) < 4.78 is 10.7. The molecule has 5 heteroatoms. The van der Waals surface area contributed by atoms with E-state index in [4.69, 9.17) is 14.6 Å². The van der Waals surface area contributed by atoms with Crippen molar-refractivity contribution < 1.29 is 14.3 Å². The van der Waals surface area contributed by atoms with Gasteiger partial charge in [-0.3, -0.25) is 4.79 Å². The van der Waals surface area contributed by atoms with Crippen LogP contribution in [0.5, 0.6) is 11.5 Å². The van der Waals surface area contributed by atoms with Crippen LogP contribution >= 0.6 is 0 Å². The molecule has 2 aliphatic rings. The van der Waals surface area contributed by atoms with Crippen molar-refractivity contribution in [2.24, 2.45) is 16.9 Å². The summed E-state index contributed by atoms with van der Waals surface area (Å²) in [5.41, 5.74) is 1.94. The second-order valence-corrected chi connectivity index (χ2v) is 6.49. The fourth-order valence-electron chi connectivity index (χ4n) is 3.44. The number of carbonyl (C=O) groups is 1. The number of hydrogen-bond acceptors (Lipinski definition) is 4. The molecular weight excluding hydrogens is 304 g/mol. The normalized spacial score (nSPS) is 23.1. The number of methoxy groups -OCH3 is 2. The second kappa shape index (κ2) is 6.67. The molecule has 1 aliphatic heterocycles. The van der Waals surface area contributed by atoms with Crippen LogP contribution in [-0.2, 0) is 4.79 Å². The van der Waals surface area contributed by atoms with Gasteiger partial charge in [0.2, 0.25) is 5.91 Å². The van der Waals surface area contributed by atoms with Gasteiger partial charge in [0.15, 0.2) is 11.5 Å². The first-order valence-corrected chi connectivity index (χ1v) is 8.35. The molecule has 0 saturated heterocycles. The number of ether oxygens (including phenoxy) is 2. The molecule has 0 saturated carbocycles. The molecule has 0 fully saturated rings. The molecule has 128 valence electrons. The number of nitrogens with zero attached hydrogens (tertiary/aromatic N) is 2. The van der Waals surface area contributed by atoms with E-state index in [0.29, 0.717) is 11.5 Å². The molecule has 1 amide bonds. The largest absolute Gasteiger partial charge is 0.493 e. The summed E-state index contributed by atoms with van der Waals surface area (Å²) in [5, 5.41) is 6.35. The third kappa shape index (κ3) is 2.79. The summed E-state index contributed by atoms with van der Waals surface area (Å²) in [6, 6.07) is 5.87. The molecule has 5 nitrogen and oxygen atoms in total. The molecule has 1 aromatic rings. The van der Waals surface area contributed by atoms with Gasteiger partial charge in [-0.1, -0.05) is 12.2 Å². The Hall–Kier alpha value is -2.30. The van der Waals surface area contributed by atoms with Crippen LogP contribution in [0.4, 0.5) is 0 Å². The smallest absolute Gasteiger partial charge is 0.247 e. The van der Waals surface area contributed by atoms with Crippen LogP contribution in [0.3, 0.4) is 0 Å². The Morgan fingerprint density at radius 2 is 1.75 bits per heavy atom. The first kappa shape index (κ1) is 16.6. The maximum Gasteiger partial charge on any atom is 0.247 e. The van der Waals surface area contributed by atoms with Gasteiger partial charge in [-0.25, -0.2) is 5.01 Å². The van der Waals surface area contributed by atoms with Crippen molar-refractivity contribution in [3.63, 3.8) is 0 Å². The van der Waals surface area contributed by atoms with Gasteiger partial charge in [0.25, 0.3) is 0 Å². The predicted molar refractivity (Wildman–Crippen MR) is 93.4 cm³/mol. The molecule has 3 rings (SSSR count). The quantitative estimate of drug-likeness (QED) is 0.797. The Kier molecular flexibility index (Phi) is 4.60. The standard InChI is InChI=1S/C19H24N2O3/c1-12(2)21-19(22)15-8-6-5-7-14(15)18(20-21)13-9-10-16(23-3)17(11-13)24-4/h5-6,9-12,14-15H,7-8H2,1-4H3/t14-,15+/m0/s1. The maximum atomic E-state index is 12.7. The third-order valence-corrected chi connectivity index (χ3v) is 4.71. The Morgan fingerprint density at radius 3 is 2.38 bits per heavy atom. The van der Waals surface area contributed by atoms with Crippen LogP contribution in [0.25, 0.3) is 0 Å². The zero-order valence-corrected chi connectivity index (χ0v) is 14.7. The lowest BCUT2D eigenvalue weighted by molar-refractivity contribution is -0.139. The number of hydrogen-bond donors (Lipinski definition) is 0. The van der Waals surface area contributed by atoms with Crippen molar-refractivity contribution in [3.8, 4) is 11.5 Å². The van der Waals surface area contributed by atoms with E-state index >= 15 is 0 Å². The average molecular weight is 328 g/mol. The number of benzene rings is 1. The highest BCUT2D eigenvalue weighted by Crippen LogP contribution is 2.37. The monoisotopic (exact) mass is 328 g/mol. The average Bonchev–Trinajstić information content (AvgIpc) is 2.61. The summed E-state index contributed by atoms with van der Waals surface area (Å²) in [4.78, 5) is 12.7. The van der Waals surface area contributed by atoms with Crippen LogP contribution in [0.2, 0.25) is 0 Å². The molecule has 0 radical (unpaired) electrons. The molecule has 0 N–H and O–H groups in total. The van der Waals surface area contributed by atoms with Crippen LogP contribution < -0.4 is 9.47 Å². The molecule has 2 atom stereocenters. The first-order valence-electron chi connectivity index (χ1n) is 8.35. The minimum atomic E-state index is -0.0296. The molecule has 0 bridgehead atoms. The number of amides is 1. The molecule has 24 heavy (non-hydrogen) atoms. The summed E-state index contributed by atoms with van der Waals surface area (Å²) in [6.45, 7) is 3.99. The number of rotatable bonds is 4. The lowest BCUT2D eigenvalue weighted by Crippen LogP contribution is -2.47. The SMILES string of the molecule is COc1ccc(C2=NN(C(C)C)C(=O)[C@@H]3CC=CC[C@H]23)cc1OC. The summed E-state index contributed by atoms with van der Waals surface area (Å²) in [6.07, 6.45) is 5.87. The van der Waals surface area contributed by atoms with E-state index in [1.807, 2.05) is 32.0 Å². The van der Waals surface area contributed by atoms with Crippen molar-refractivity contribution in [2.45, 2.75) is 32.7 Å². The molecule has 1 aliphatic carbocycles. The Balaban J connectivity index is 2.07. The fraction of sp³-hybridized carbons (Fsp3) is 0.474. The Morgan fingerprint density at radius 1 is 1.08 bits per heavy atom. The van der Waals surface area contributed by atoms with Gasteiger partial charge in [0, 0.05) is 17.5 Å². The van der Waals surface area contributed by atoms with Crippen molar-refractivity contribution >= 4 is 11.6 Å². The number of fused-ring (bicyclic) bond motifs is 1. The highest BCUT2D eigenvalue weighted by atomic mass is 16.5. The van der Waals surface area contributed by atoms with E-state index in [1.165, 1.54) is 0 Å². The number of allylic oxidation sites excluding steroid dienone is 2. The van der Waals surface area contributed by atoms with Gasteiger partial charge in [0.1, 0.15) is 0 Å². The van der Waals surface area contributed by atoms with Crippen molar-refractivity contribution in [3.05, 3.63) is 35.9 Å². The summed E-state index contributed by atoms with van der Waals surface area (Å²) in [7, 11) is 3.25. The molecule has 1 aromatic carbocycles. The van der Waals surface area contributed by atoms with Gasteiger partial charge in [-0.05, 0) is 44.9 Å². The van der Waals surface area contributed by atoms with Gasteiger partial charge in [-0.15, -0.1) is 0 Å². The summed E-state index contributed by atoms with van der Waals surface area (Å²) >= 11 is 0. The van der Waals surface area contributed by atoms with E-state index in [2.05, 4.69) is 12.2 Å². The lowest BCUT2D eigenvalue weighted by atomic mass is 9.76. The molecule has 0 spiro atoms. The van der Waals surface area contributed by atoms with E-state index in [-0.39, 0.29) is 23.8 Å². The van der Waals surface area contributed by atoms with Crippen LogP contribution in [0.15, 0.2) is 35.5 Å². The second-order valence-electron chi connectivity index (χ2n) is 6.49. The highest BCUT2D eigenvalue weighted by Gasteiger charge is 2.40. The van der Waals surface area contributed by atoms with Crippen molar-refractivity contribution in [2.75, 3.05) is 14.2 Å². The number of carbonyl (C=O) groups excluding carboxylic acids is 1. The fourth-order valence-corrected chi connectivity index (χ4v) is 3.44. The Labute approximate surface area is 142 Å². The molecular formula is C19H24N2O3. The van der Waals surface area contributed by atoms with Crippen molar-refractivity contribution in [1.82, 2.24) is 5.01 Å². The molecule has 0 unspecified atom stereocenters. The lowest BCUT2D eigenvalue weighted by Gasteiger charge is -2.38. The zero-order valence-electron chi connectivity index (χ0n) is 14.7. The van der Waals surface area contributed by atoms with Gasteiger partial charge < -0.3 is 9.47 Å². The topological polar surface area (TPSA) is 51.1 Å². The predicted octanol–water partition coefficient (Wildman–Crippen LogP) is 3.24. The third-order valence-electron chi connectivity index (χ3n) is 4.71. The maximum absolute atomic E-state index is 12.7. The minimum Gasteiger partial charge on any atom is -0.493 e. The molecule has 1 heterocycles. The van der Waals surface area contributed by atoms with Gasteiger partial charge in [-0.2, -0.15) is 5.10 Å². The van der Waals surface area contributed by atoms with Crippen LogP contribution in [0.1, 0.15) is 32.3 Å². The number of hydrazone groups is 1. The first-order chi connectivity index (χ1) is 11.6. The van der Waals surface area contributed by atoms with E-state index in [9.17, 15) is 4.79 Å². The van der Waals surface area contributed by atoms with Gasteiger partial charge in [0.05, 0.1) is 25.8 Å².